The van der Waals surface area contributed by atoms with Crippen molar-refractivity contribution < 1.29 is 19.1 Å². The van der Waals surface area contributed by atoms with Gasteiger partial charge in [0.2, 0.25) is 5.12 Å². The van der Waals surface area contributed by atoms with E-state index in [0.29, 0.717) is 24.0 Å². The Morgan fingerprint density at radius 1 is 1.04 bits per heavy atom. The molecule has 0 aliphatic carbocycles. The van der Waals surface area contributed by atoms with Crippen LogP contribution in [0.25, 0.3) is 10.9 Å². The minimum Gasteiger partial charge on any atom is -0.497 e. The molecule has 1 fully saturated rings. The first kappa shape index (κ1) is 18.2. The van der Waals surface area contributed by atoms with E-state index in [2.05, 4.69) is 11.1 Å². The predicted molar refractivity (Wildman–Crippen MR) is 110 cm³/mol. The van der Waals surface area contributed by atoms with Crippen molar-refractivity contribution in [1.82, 2.24) is 4.57 Å². The van der Waals surface area contributed by atoms with Gasteiger partial charge in [0.1, 0.15) is 11.5 Å². The number of ether oxygens (including phenoxy) is 2. The van der Waals surface area contributed by atoms with Gasteiger partial charge in [0.15, 0.2) is 0 Å². The molecule has 0 radical (unpaired) electrons. The second-order valence-corrected chi connectivity index (χ2v) is 7.24. The summed E-state index contributed by atoms with van der Waals surface area (Å²) in [4.78, 5) is 25.5. The molecule has 1 amide bonds. The first-order chi connectivity index (χ1) is 13.5. The Kier molecular flexibility index (Phi) is 4.60. The molecular formula is C21H18N2O4S. The van der Waals surface area contributed by atoms with E-state index >= 15 is 0 Å². The summed E-state index contributed by atoms with van der Waals surface area (Å²) in [5.74, 6) is 1.45. The molecule has 6 nitrogen and oxygen atoms in total. The highest BCUT2D eigenvalue weighted by atomic mass is 32.2. The molecule has 2 aromatic carbocycles. The Balaban J connectivity index is 1.74. The number of hydrogen-bond donors (Lipinski definition) is 0. The monoisotopic (exact) mass is 394 g/mol. The highest BCUT2D eigenvalue weighted by Gasteiger charge is 2.35. The molecule has 1 saturated heterocycles. The maximum Gasteiger partial charge on any atom is 0.298 e. The largest absolute Gasteiger partial charge is 0.497 e. The van der Waals surface area contributed by atoms with Gasteiger partial charge in [-0.15, -0.1) is 0 Å². The van der Waals surface area contributed by atoms with E-state index in [9.17, 15) is 9.59 Å². The van der Waals surface area contributed by atoms with Gasteiger partial charge in [0.25, 0.3) is 5.24 Å². The normalized spacial score (nSPS) is 14.2. The molecule has 1 aliphatic rings. The minimum atomic E-state index is -0.326. The van der Waals surface area contributed by atoms with E-state index in [4.69, 9.17) is 9.47 Å². The van der Waals surface area contributed by atoms with Gasteiger partial charge >= 0.3 is 0 Å². The molecule has 7 heteroatoms. The highest BCUT2D eigenvalue weighted by Crippen LogP contribution is 2.37. The van der Waals surface area contributed by atoms with Crippen LogP contribution < -0.4 is 14.4 Å². The predicted octanol–water partition coefficient (Wildman–Crippen LogP) is 4.42. The number of hydrogen-bond acceptors (Lipinski definition) is 5. The van der Waals surface area contributed by atoms with Crippen LogP contribution in [0.3, 0.4) is 0 Å². The zero-order chi connectivity index (χ0) is 19.8. The van der Waals surface area contributed by atoms with E-state index in [1.807, 2.05) is 48.7 Å². The van der Waals surface area contributed by atoms with Crippen LogP contribution in [-0.2, 0) is 11.3 Å². The zero-order valence-corrected chi connectivity index (χ0v) is 16.3. The number of rotatable bonds is 5. The Morgan fingerprint density at radius 3 is 2.36 bits per heavy atom. The topological polar surface area (TPSA) is 60.8 Å². The third kappa shape index (κ3) is 3.03. The van der Waals surface area contributed by atoms with Crippen LogP contribution in [-0.4, -0.2) is 29.1 Å². The average Bonchev–Trinajstić information content (AvgIpc) is 3.21. The number of amides is 1. The number of carbonyl (C=O) groups is 2. The van der Waals surface area contributed by atoms with Crippen molar-refractivity contribution in [3.05, 3.63) is 66.5 Å². The lowest BCUT2D eigenvalue weighted by Crippen LogP contribution is -2.20. The van der Waals surface area contributed by atoms with Crippen LogP contribution in [0.4, 0.5) is 10.5 Å². The van der Waals surface area contributed by atoms with Crippen LogP contribution in [0.15, 0.2) is 60.9 Å². The number of anilines is 1. The van der Waals surface area contributed by atoms with Gasteiger partial charge in [0, 0.05) is 36.0 Å². The van der Waals surface area contributed by atoms with Crippen LogP contribution in [0.2, 0.25) is 0 Å². The standard InChI is InChI=1S/C21H18N2O4S/c1-13-20(24)28-21(25)23(13)19-6-4-5-18-17(19)7-8-22(18)12-14-9-15(26-2)11-16(10-14)27-3/h4-11H,1,12H2,2-3H3. The molecule has 0 N–H and O–H groups in total. The molecule has 0 unspecified atom stereocenters. The molecule has 0 atom stereocenters. The SMILES string of the molecule is C=C1C(=O)SC(=O)N1c1cccc2c1ccn2Cc1cc(OC)cc(OC)c1. The van der Waals surface area contributed by atoms with Crippen molar-refractivity contribution in [2.45, 2.75) is 6.54 Å². The Bertz CT molecular complexity index is 1100. The summed E-state index contributed by atoms with van der Waals surface area (Å²) in [6, 6.07) is 13.4. The second-order valence-electron chi connectivity index (χ2n) is 6.31. The lowest BCUT2D eigenvalue weighted by Gasteiger charge is -2.16. The molecule has 142 valence electrons. The van der Waals surface area contributed by atoms with Gasteiger partial charge in [-0.05, 0) is 35.9 Å². The maximum absolute atomic E-state index is 12.3. The van der Waals surface area contributed by atoms with Gasteiger partial charge in [-0.1, -0.05) is 12.6 Å². The summed E-state index contributed by atoms with van der Waals surface area (Å²) in [7, 11) is 3.24. The second kappa shape index (κ2) is 7.09. The van der Waals surface area contributed by atoms with Gasteiger partial charge in [0.05, 0.1) is 31.1 Å². The van der Waals surface area contributed by atoms with Crippen molar-refractivity contribution in [1.29, 1.82) is 0 Å². The van der Waals surface area contributed by atoms with Crippen molar-refractivity contribution in [2.75, 3.05) is 19.1 Å². The Morgan fingerprint density at radius 2 is 1.75 bits per heavy atom. The van der Waals surface area contributed by atoms with Crippen molar-refractivity contribution >= 4 is 38.7 Å². The van der Waals surface area contributed by atoms with Crippen molar-refractivity contribution in [2.24, 2.45) is 0 Å². The van der Waals surface area contributed by atoms with Gasteiger partial charge < -0.3 is 14.0 Å². The van der Waals surface area contributed by atoms with E-state index in [0.717, 1.165) is 28.0 Å². The number of nitrogens with zero attached hydrogens (tertiary/aromatic N) is 2. The fourth-order valence-corrected chi connectivity index (χ4v) is 3.99. The Hall–Kier alpha value is -3.19. The number of thioether (sulfide) groups is 1. The molecule has 1 aliphatic heterocycles. The molecule has 0 saturated carbocycles. The van der Waals surface area contributed by atoms with Gasteiger partial charge in [-0.2, -0.15) is 0 Å². The van der Waals surface area contributed by atoms with Crippen LogP contribution in [0.5, 0.6) is 11.5 Å². The number of fused-ring (bicyclic) bond motifs is 1. The Labute approximate surface area is 166 Å². The summed E-state index contributed by atoms with van der Waals surface area (Å²) >= 11 is 0.672. The quantitative estimate of drug-likeness (QED) is 0.600. The number of methoxy groups -OCH3 is 2. The van der Waals surface area contributed by atoms with E-state index in [1.54, 1.807) is 14.2 Å². The molecule has 2 heterocycles. The number of aromatic nitrogens is 1. The molecule has 28 heavy (non-hydrogen) atoms. The first-order valence-corrected chi connectivity index (χ1v) is 9.38. The third-order valence-corrected chi connectivity index (χ3v) is 5.44. The molecular weight excluding hydrogens is 376 g/mol. The summed E-state index contributed by atoms with van der Waals surface area (Å²) in [5, 5.41) is 0.236. The fourth-order valence-electron chi connectivity index (χ4n) is 3.32. The average molecular weight is 394 g/mol. The summed E-state index contributed by atoms with van der Waals surface area (Å²) in [6.07, 6.45) is 1.96. The third-order valence-electron chi connectivity index (χ3n) is 4.66. The lowest BCUT2D eigenvalue weighted by molar-refractivity contribution is -0.107. The molecule has 4 rings (SSSR count). The summed E-state index contributed by atoms with van der Waals surface area (Å²) in [5.41, 5.74) is 2.82. The minimum absolute atomic E-state index is 0.188. The molecule has 0 spiro atoms. The van der Waals surface area contributed by atoms with E-state index in [1.165, 1.54) is 4.90 Å². The van der Waals surface area contributed by atoms with Crippen molar-refractivity contribution in [3.63, 3.8) is 0 Å². The van der Waals surface area contributed by atoms with Crippen LogP contribution >= 0.6 is 11.8 Å². The number of carbonyl (C=O) groups excluding carboxylic acids is 2. The highest BCUT2D eigenvalue weighted by molar-refractivity contribution is 8.27. The van der Waals surface area contributed by atoms with E-state index in [-0.39, 0.29) is 16.1 Å². The maximum atomic E-state index is 12.3. The van der Waals surface area contributed by atoms with Gasteiger partial charge in [-0.25, -0.2) is 0 Å². The van der Waals surface area contributed by atoms with E-state index < -0.39 is 0 Å². The molecule has 0 bridgehead atoms. The molecule has 3 aromatic rings. The van der Waals surface area contributed by atoms with Gasteiger partial charge in [-0.3, -0.25) is 14.5 Å². The van der Waals surface area contributed by atoms with Crippen molar-refractivity contribution in [3.8, 4) is 11.5 Å². The van der Waals surface area contributed by atoms with Crippen LogP contribution in [0.1, 0.15) is 5.56 Å². The smallest absolute Gasteiger partial charge is 0.298 e. The first-order valence-electron chi connectivity index (χ1n) is 8.57. The summed E-state index contributed by atoms with van der Waals surface area (Å²) < 4.78 is 12.8. The molecule has 1 aromatic heterocycles. The lowest BCUT2D eigenvalue weighted by atomic mass is 10.1. The number of benzene rings is 2. The zero-order valence-electron chi connectivity index (χ0n) is 15.5. The summed E-state index contributed by atoms with van der Waals surface area (Å²) in [6.45, 7) is 4.36. The fraction of sp³-hybridized carbons (Fsp3) is 0.143. The van der Waals surface area contributed by atoms with Crippen LogP contribution in [0, 0.1) is 0 Å².